The Hall–Kier alpha value is -2.09. The van der Waals surface area contributed by atoms with Gasteiger partial charge in [0.15, 0.2) is 22.5 Å². The van der Waals surface area contributed by atoms with Crippen molar-refractivity contribution in [2.45, 2.75) is 57.7 Å². The molecule has 0 saturated heterocycles. The third-order valence-electron chi connectivity index (χ3n) is 3.22. The van der Waals surface area contributed by atoms with E-state index in [0.29, 0.717) is 12.1 Å². The highest BCUT2D eigenvalue weighted by molar-refractivity contribution is 7.86. The number of halogens is 6. The van der Waals surface area contributed by atoms with Crippen LogP contribution >= 0.6 is 0 Å². The highest BCUT2D eigenvalue weighted by atomic mass is 32.2. The molecule has 0 aliphatic carbocycles. The van der Waals surface area contributed by atoms with E-state index < -0.39 is 40.0 Å². The molecule has 0 atom stereocenters. The van der Waals surface area contributed by atoms with Gasteiger partial charge in [-0.05, 0) is 26.3 Å². The maximum absolute atomic E-state index is 12.4. The lowest BCUT2D eigenvalue weighted by atomic mass is 10.2. The highest BCUT2D eigenvalue weighted by Crippen LogP contribution is 2.24. The summed E-state index contributed by atoms with van der Waals surface area (Å²) < 4.78 is 102. The molecule has 0 bridgehead atoms. The second kappa shape index (κ2) is 8.34. The molecule has 1 aromatic heterocycles. The van der Waals surface area contributed by atoms with Gasteiger partial charge in [0.1, 0.15) is 5.60 Å². The van der Waals surface area contributed by atoms with Crippen LogP contribution in [0.15, 0.2) is 18.5 Å². The van der Waals surface area contributed by atoms with Crippen LogP contribution in [0.1, 0.15) is 31.9 Å². The first-order valence-corrected chi connectivity index (χ1v) is 9.27. The summed E-state index contributed by atoms with van der Waals surface area (Å²) >= 11 is 0. The van der Waals surface area contributed by atoms with Gasteiger partial charge < -0.3 is 9.29 Å². The monoisotopic (exact) mass is 452 g/mol. The second-order valence-electron chi connectivity index (χ2n) is 7.02. The summed E-state index contributed by atoms with van der Waals surface area (Å²) in [6.45, 7) is 4.90. The SMILES string of the molecule is CC(C)(C)OC(=O)N1Cc2cc[n+](CC(F)(F)F)cc2C1.O=S(=O)([O-])C(F)(F)F. The Labute approximate surface area is 162 Å². The van der Waals surface area contributed by atoms with Crippen molar-refractivity contribution in [1.82, 2.24) is 4.90 Å². The Balaban J connectivity index is 0.000000447. The van der Waals surface area contributed by atoms with Crippen LogP contribution in [0.25, 0.3) is 0 Å². The van der Waals surface area contributed by atoms with Gasteiger partial charge in [-0.25, -0.2) is 13.2 Å². The van der Waals surface area contributed by atoms with Gasteiger partial charge in [0.25, 0.3) is 0 Å². The molecule has 0 unspecified atom stereocenters. The maximum atomic E-state index is 12.4. The smallest absolute Gasteiger partial charge is 0.485 e. The number of rotatable bonds is 1. The van der Waals surface area contributed by atoms with Crippen LogP contribution in [0.2, 0.25) is 0 Å². The van der Waals surface area contributed by atoms with Crippen molar-refractivity contribution in [2.75, 3.05) is 0 Å². The van der Waals surface area contributed by atoms with E-state index >= 15 is 0 Å². The Morgan fingerprint density at radius 2 is 1.62 bits per heavy atom. The molecule has 7 nitrogen and oxygen atoms in total. The number of alkyl halides is 6. The molecule has 2 heterocycles. The van der Waals surface area contributed by atoms with Crippen molar-refractivity contribution in [3.63, 3.8) is 0 Å². The van der Waals surface area contributed by atoms with Gasteiger partial charge in [0.05, 0.1) is 13.1 Å². The van der Waals surface area contributed by atoms with Crippen LogP contribution in [-0.2, 0) is 34.5 Å². The van der Waals surface area contributed by atoms with Gasteiger partial charge in [0.2, 0.25) is 6.54 Å². The van der Waals surface area contributed by atoms with E-state index in [1.165, 1.54) is 17.3 Å². The van der Waals surface area contributed by atoms with Gasteiger partial charge in [0, 0.05) is 11.6 Å². The van der Waals surface area contributed by atoms with Crippen LogP contribution in [0.5, 0.6) is 0 Å². The Bertz CT molecular complexity index is 846. The molecule has 166 valence electrons. The molecule has 1 aliphatic heterocycles. The van der Waals surface area contributed by atoms with Gasteiger partial charge >= 0.3 is 17.8 Å². The normalized spacial score (nSPS) is 14.8. The fourth-order valence-corrected chi connectivity index (χ4v) is 2.14. The topological polar surface area (TPSA) is 90.6 Å². The lowest BCUT2D eigenvalue weighted by molar-refractivity contribution is -0.719. The van der Waals surface area contributed by atoms with Crippen molar-refractivity contribution in [1.29, 1.82) is 0 Å². The fourth-order valence-electron chi connectivity index (χ4n) is 2.14. The predicted octanol–water partition coefficient (Wildman–Crippen LogP) is 2.84. The Morgan fingerprint density at radius 1 is 1.14 bits per heavy atom. The van der Waals surface area contributed by atoms with Crippen molar-refractivity contribution in [2.24, 2.45) is 0 Å². The molecule has 0 radical (unpaired) electrons. The predicted molar refractivity (Wildman–Crippen MR) is 83.9 cm³/mol. The van der Waals surface area contributed by atoms with Crippen LogP contribution in [0, 0.1) is 0 Å². The first kappa shape index (κ1) is 24.9. The standard InChI is InChI=1S/C14H18F3N2O2.CHF3O3S/c1-13(2,3)21-12(20)19-7-10-4-5-18(6-11(10)8-19)9-14(15,16)17;2-1(3,4)8(5,6)7/h4-6H,7-9H2,1-3H3;(H,5,6,7)/q+1;/p-1. The number of hydrogen-bond acceptors (Lipinski definition) is 5. The number of nitrogens with zero attached hydrogens (tertiary/aromatic N) is 2. The Kier molecular flexibility index (Phi) is 7.17. The lowest BCUT2D eigenvalue weighted by Crippen LogP contribution is -2.41. The zero-order valence-corrected chi connectivity index (χ0v) is 16.3. The molecule has 0 saturated carbocycles. The molecule has 2 rings (SSSR count). The minimum Gasteiger partial charge on any atom is -0.741 e. The number of ether oxygens (including phenoxy) is 1. The minimum atomic E-state index is -6.09. The summed E-state index contributed by atoms with van der Waals surface area (Å²) in [5.74, 6) is 0. The molecule has 0 N–H and O–H groups in total. The van der Waals surface area contributed by atoms with E-state index in [2.05, 4.69) is 0 Å². The molecular weight excluding hydrogens is 434 g/mol. The highest BCUT2D eigenvalue weighted by Gasteiger charge is 2.37. The van der Waals surface area contributed by atoms with Crippen LogP contribution in [0.3, 0.4) is 0 Å². The first-order valence-electron chi connectivity index (χ1n) is 7.86. The number of fused-ring (bicyclic) bond motifs is 1. The molecule has 0 spiro atoms. The van der Waals surface area contributed by atoms with E-state index in [1.807, 2.05) is 0 Å². The molecule has 29 heavy (non-hydrogen) atoms. The summed E-state index contributed by atoms with van der Waals surface area (Å²) in [4.78, 5) is 13.4. The van der Waals surface area contributed by atoms with E-state index in [1.54, 1.807) is 26.8 Å². The number of amides is 1. The molecule has 14 heteroatoms. The molecule has 0 fully saturated rings. The first-order chi connectivity index (χ1) is 12.8. The number of pyridine rings is 1. The third kappa shape index (κ3) is 8.43. The Morgan fingerprint density at radius 3 is 2.03 bits per heavy atom. The van der Waals surface area contributed by atoms with Crippen LogP contribution in [-0.4, -0.2) is 41.2 Å². The van der Waals surface area contributed by atoms with Crippen molar-refractivity contribution in [3.05, 3.63) is 29.6 Å². The van der Waals surface area contributed by atoms with Gasteiger partial charge in [-0.3, -0.25) is 4.90 Å². The summed E-state index contributed by atoms with van der Waals surface area (Å²) in [6.07, 6.45) is -1.90. The van der Waals surface area contributed by atoms with Crippen LogP contribution < -0.4 is 4.57 Å². The van der Waals surface area contributed by atoms with Crippen molar-refractivity contribution in [3.8, 4) is 0 Å². The molecular formula is C15H18F6N2O5S. The summed E-state index contributed by atoms with van der Waals surface area (Å²) in [5, 5.41) is 0. The number of hydrogen-bond donors (Lipinski definition) is 0. The zero-order valence-electron chi connectivity index (χ0n) is 15.5. The van der Waals surface area contributed by atoms with Gasteiger partial charge in [-0.1, -0.05) is 0 Å². The van der Waals surface area contributed by atoms with E-state index in [4.69, 9.17) is 17.7 Å². The minimum absolute atomic E-state index is 0.267. The maximum Gasteiger partial charge on any atom is 0.485 e. The van der Waals surface area contributed by atoms with E-state index in [0.717, 1.165) is 10.1 Å². The van der Waals surface area contributed by atoms with Crippen molar-refractivity contribution >= 4 is 16.2 Å². The number of carbonyl (C=O) groups excluding carboxylic acids is 1. The zero-order chi connectivity index (χ0) is 22.8. The quantitative estimate of drug-likeness (QED) is 0.283. The lowest BCUT2D eigenvalue weighted by Gasteiger charge is -2.24. The average molecular weight is 452 g/mol. The van der Waals surface area contributed by atoms with E-state index in [-0.39, 0.29) is 6.54 Å². The van der Waals surface area contributed by atoms with Gasteiger partial charge in [-0.15, -0.1) is 0 Å². The molecule has 0 aromatic carbocycles. The van der Waals surface area contributed by atoms with E-state index in [9.17, 15) is 31.1 Å². The number of aromatic nitrogens is 1. The summed E-state index contributed by atoms with van der Waals surface area (Å²) in [5.41, 5.74) is -4.68. The third-order valence-corrected chi connectivity index (χ3v) is 3.79. The summed E-state index contributed by atoms with van der Waals surface area (Å²) in [7, 11) is -6.09. The molecule has 1 amide bonds. The largest absolute Gasteiger partial charge is 0.741 e. The second-order valence-corrected chi connectivity index (χ2v) is 8.39. The summed E-state index contributed by atoms with van der Waals surface area (Å²) in [6, 6.07) is 1.62. The van der Waals surface area contributed by atoms with Crippen LogP contribution in [0.4, 0.5) is 31.1 Å². The van der Waals surface area contributed by atoms with Gasteiger partial charge in [-0.2, -0.15) is 30.9 Å². The molecule has 1 aromatic rings. The average Bonchev–Trinajstić information content (AvgIpc) is 2.85. The van der Waals surface area contributed by atoms with Crippen molar-refractivity contribution < 1.29 is 53.4 Å². The number of carbonyl (C=O) groups is 1. The molecule has 1 aliphatic rings. The fraction of sp³-hybridized carbons (Fsp3) is 0.600.